The van der Waals surface area contributed by atoms with Crippen molar-refractivity contribution >= 4 is 5.69 Å². The van der Waals surface area contributed by atoms with Crippen LogP contribution in [0.2, 0.25) is 0 Å². The molecule has 0 atom stereocenters. The van der Waals surface area contributed by atoms with Gasteiger partial charge in [-0.3, -0.25) is 4.48 Å². The molecule has 0 radical (unpaired) electrons. The molecule has 0 heterocycles. The van der Waals surface area contributed by atoms with Crippen molar-refractivity contribution in [2.75, 3.05) is 19.6 Å². The molecule has 0 saturated carbocycles. The first kappa shape index (κ1) is 13.8. The summed E-state index contributed by atoms with van der Waals surface area (Å²) in [5, 5.41) is 0. The van der Waals surface area contributed by atoms with Crippen LogP contribution < -0.4 is 23.3 Å². The minimum atomic E-state index is 0. The van der Waals surface area contributed by atoms with Crippen LogP contribution in [0.5, 0.6) is 0 Å². The molecule has 14 heavy (non-hydrogen) atoms. The maximum absolute atomic E-state index is 2.26. The Balaban J connectivity index is 0. The van der Waals surface area contributed by atoms with E-state index in [4.69, 9.17) is 0 Å². The summed E-state index contributed by atoms with van der Waals surface area (Å²) in [4.78, 5) is 0. The second kappa shape index (κ2) is 6.30. The number of benzene rings is 1. The van der Waals surface area contributed by atoms with E-state index >= 15 is 0 Å². The van der Waals surface area contributed by atoms with Gasteiger partial charge in [0.2, 0.25) is 0 Å². The van der Waals surface area contributed by atoms with E-state index in [0.717, 1.165) is 4.48 Å². The molecule has 1 nitrogen and oxygen atoms in total. The van der Waals surface area contributed by atoms with E-state index in [2.05, 4.69) is 51.1 Å². The second-order valence-corrected chi connectivity index (χ2v) is 3.43. The van der Waals surface area contributed by atoms with Crippen molar-refractivity contribution in [3.8, 4) is 0 Å². The summed E-state index contributed by atoms with van der Waals surface area (Å²) >= 11 is 0. The Morgan fingerprint density at radius 3 is 1.71 bits per heavy atom. The summed E-state index contributed by atoms with van der Waals surface area (Å²) in [5.74, 6) is 0. The van der Waals surface area contributed by atoms with Gasteiger partial charge in [0, 0.05) is 0 Å². The molecule has 0 unspecified atom stereocenters. The van der Waals surface area contributed by atoms with Crippen LogP contribution in [0, 0.1) is 0 Å². The molecule has 0 aliphatic carbocycles. The summed E-state index contributed by atoms with van der Waals surface area (Å²) in [6.45, 7) is 10.3. The number of rotatable bonds is 4. The van der Waals surface area contributed by atoms with Gasteiger partial charge >= 0.3 is 18.9 Å². The van der Waals surface area contributed by atoms with Gasteiger partial charge in [-0.1, -0.05) is 18.2 Å². The molecule has 0 aliphatic heterocycles. The standard InChI is InChI=1S/C12H20N.Li.H/c1-4-13(5-2,6-3)12-10-8-7-9-11-12;;/h7-11H,4-6H2,1-3H3;;/q2*+1;-1. The Kier molecular flexibility index (Phi) is 6.20. The second-order valence-electron chi connectivity index (χ2n) is 3.43. The van der Waals surface area contributed by atoms with Crippen LogP contribution in [-0.4, -0.2) is 19.6 Å². The Labute approximate surface area is 101 Å². The molecule has 1 aromatic carbocycles. The normalized spacial score (nSPS) is 10.8. The van der Waals surface area contributed by atoms with Crippen molar-refractivity contribution in [1.29, 1.82) is 0 Å². The molecule has 0 aliphatic rings. The van der Waals surface area contributed by atoms with Gasteiger partial charge < -0.3 is 1.43 Å². The van der Waals surface area contributed by atoms with Gasteiger partial charge in [0.1, 0.15) is 5.69 Å². The molecule has 0 amide bonds. The molecule has 1 aromatic rings. The first-order valence-corrected chi connectivity index (χ1v) is 5.20. The Morgan fingerprint density at radius 1 is 0.929 bits per heavy atom. The van der Waals surface area contributed by atoms with Gasteiger partial charge in [-0.15, -0.1) is 0 Å². The fourth-order valence-electron chi connectivity index (χ4n) is 1.96. The van der Waals surface area contributed by atoms with E-state index in [0.29, 0.717) is 0 Å². The molecule has 0 spiro atoms. The minimum absolute atomic E-state index is 0. The van der Waals surface area contributed by atoms with E-state index < -0.39 is 0 Å². The predicted molar refractivity (Wildman–Crippen MR) is 61.0 cm³/mol. The summed E-state index contributed by atoms with van der Waals surface area (Å²) in [5.41, 5.74) is 1.44. The third kappa shape index (κ3) is 2.64. The van der Waals surface area contributed by atoms with Crippen LogP contribution >= 0.6 is 0 Å². The van der Waals surface area contributed by atoms with Crippen LogP contribution in [-0.2, 0) is 0 Å². The van der Waals surface area contributed by atoms with Crippen LogP contribution in [0.25, 0.3) is 0 Å². The molecule has 74 valence electrons. The molecule has 0 N–H and O–H groups in total. The van der Waals surface area contributed by atoms with Gasteiger partial charge in [-0.05, 0) is 32.9 Å². The van der Waals surface area contributed by atoms with Crippen molar-refractivity contribution < 1.29 is 20.3 Å². The summed E-state index contributed by atoms with van der Waals surface area (Å²) in [7, 11) is 0. The topological polar surface area (TPSA) is 0 Å². The van der Waals surface area contributed by atoms with Gasteiger partial charge in [0.25, 0.3) is 0 Å². The van der Waals surface area contributed by atoms with Gasteiger partial charge in [0.05, 0.1) is 19.6 Å². The third-order valence-electron chi connectivity index (χ3n) is 3.12. The van der Waals surface area contributed by atoms with Crippen LogP contribution in [0.3, 0.4) is 0 Å². The molecular formula is C12H21LiN+. The van der Waals surface area contributed by atoms with Crippen LogP contribution in [0.15, 0.2) is 30.3 Å². The zero-order valence-corrected chi connectivity index (χ0v) is 9.96. The Hall–Kier alpha value is -0.223. The molecular weight excluding hydrogens is 165 g/mol. The third-order valence-corrected chi connectivity index (χ3v) is 3.12. The molecule has 0 bridgehead atoms. The maximum Gasteiger partial charge on any atom is 1.00 e. The van der Waals surface area contributed by atoms with Crippen molar-refractivity contribution in [3.63, 3.8) is 0 Å². The molecule has 0 saturated heterocycles. The van der Waals surface area contributed by atoms with E-state index in [1.54, 1.807) is 0 Å². The van der Waals surface area contributed by atoms with Crippen molar-refractivity contribution in [2.24, 2.45) is 0 Å². The smallest absolute Gasteiger partial charge is 1.00 e. The zero-order valence-electron chi connectivity index (χ0n) is 11.0. The Bertz CT molecular complexity index is 239. The first-order chi connectivity index (χ1) is 6.29. The van der Waals surface area contributed by atoms with Crippen molar-refractivity contribution in [3.05, 3.63) is 30.3 Å². The fourth-order valence-corrected chi connectivity index (χ4v) is 1.96. The van der Waals surface area contributed by atoms with E-state index in [1.807, 2.05) is 0 Å². The monoisotopic (exact) mass is 186 g/mol. The van der Waals surface area contributed by atoms with Gasteiger partial charge in [0.15, 0.2) is 0 Å². The summed E-state index contributed by atoms with van der Waals surface area (Å²) in [6.07, 6.45) is 0. The number of hydrogen-bond donors (Lipinski definition) is 0. The molecule has 0 fully saturated rings. The SMILES string of the molecule is CC[N+](CC)(CC)c1ccccc1.[H-].[Li+]. The number of para-hydroxylation sites is 1. The van der Waals surface area contributed by atoms with E-state index in [1.165, 1.54) is 25.3 Å². The first-order valence-electron chi connectivity index (χ1n) is 5.20. The Morgan fingerprint density at radius 2 is 1.36 bits per heavy atom. The molecule has 1 rings (SSSR count). The van der Waals surface area contributed by atoms with Crippen LogP contribution in [0.1, 0.15) is 22.2 Å². The fraction of sp³-hybridized carbons (Fsp3) is 0.500. The summed E-state index contributed by atoms with van der Waals surface area (Å²) < 4.78 is 1.10. The quantitative estimate of drug-likeness (QED) is 0.464. The average molecular weight is 186 g/mol. The largest absolute Gasteiger partial charge is 1.00 e. The minimum Gasteiger partial charge on any atom is -1.00 e. The maximum atomic E-state index is 2.26. The number of nitrogens with zero attached hydrogens (tertiary/aromatic N) is 1. The predicted octanol–water partition coefficient (Wildman–Crippen LogP) is 0.170. The molecule has 0 aromatic heterocycles. The number of hydrogen-bond acceptors (Lipinski definition) is 0. The zero-order chi connectivity index (χ0) is 9.73. The average Bonchev–Trinajstić information content (AvgIpc) is 2.23. The molecule has 2 heteroatoms. The van der Waals surface area contributed by atoms with Crippen molar-refractivity contribution in [1.82, 2.24) is 4.48 Å². The number of quaternary nitrogens is 1. The van der Waals surface area contributed by atoms with E-state index in [-0.39, 0.29) is 20.3 Å². The van der Waals surface area contributed by atoms with E-state index in [9.17, 15) is 0 Å². The summed E-state index contributed by atoms with van der Waals surface area (Å²) in [6, 6.07) is 10.8. The van der Waals surface area contributed by atoms with Gasteiger partial charge in [-0.2, -0.15) is 0 Å². The van der Waals surface area contributed by atoms with Crippen LogP contribution in [0.4, 0.5) is 5.69 Å². The van der Waals surface area contributed by atoms with Crippen molar-refractivity contribution in [2.45, 2.75) is 20.8 Å². The van der Waals surface area contributed by atoms with Gasteiger partial charge in [-0.25, -0.2) is 0 Å².